The number of ether oxygens (including phenoxy) is 1. The van der Waals surface area contributed by atoms with Gasteiger partial charge < -0.3 is 10.1 Å². The SMILES string of the molecule is CCCC1C(=O)Nc2cccc(OC)c21. The van der Waals surface area contributed by atoms with Crippen molar-refractivity contribution in [2.45, 2.75) is 25.7 Å². The lowest BCUT2D eigenvalue weighted by Crippen LogP contribution is -2.11. The average molecular weight is 205 g/mol. The Kier molecular flexibility index (Phi) is 2.62. The van der Waals surface area contributed by atoms with E-state index in [9.17, 15) is 4.79 Å². The molecule has 0 spiro atoms. The summed E-state index contributed by atoms with van der Waals surface area (Å²) in [6, 6.07) is 5.72. The number of methoxy groups -OCH3 is 1. The highest BCUT2D eigenvalue weighted by atomic mass is 16.5. The topological polar surface area (TPSA) is 38.3 Å². The van der Waals surface area contributed by atoms with Crippen molar-refractivity contribution in [3.8, 4) is 5.75 Å². The van der Waals surface area contributed by atoms with E-state index in [4.69, 9.17) is 4.74 Å². The second-order valence-corrected chi connectivity index (χ2v) is 3.75. The smallest absolute Gasteiger partial charge is 0.232 e. The quantitative estimate of drug-likeness (QED) is 0.823. The maximum atomic E-state index is 11.7. The molecule has 1 aromatic carbocycles. The highest BCUT2D eigenvalue weighted by Crippen LogP contribution is 2.41. The number of nitrogens with one attached hydrogen (secondary N) is 1. The van der Waals surface area contributed by atoms with E-state index in [0.29, 0.717) is 0 Å². The Balaban J connectivity index is 2.45. The Hall–Kier alpha value is -1.51. The average Bonchev–Trinajstić information content (AvgIpc) is 2.56. The maximum Gasteiger partial charge on any atom is 0.232 e. The fourth-order valence-corrected chi connectivity index (χ4v) is 2.11. The number of amides is 1. The van der Waals surface area contributed by atoms with Crippen LogP contribution < -0.4 is 10.1 Å². The summed E-state index contributed by atoms with van der Waals surface area (Å²) in [5.74, 6) is 0.863. The van der Waals surface area contributed by atoms with Crippen LogP contribution in [-0.2, 0) is 4.79 Å². The minimum absolute atomic E-state index is 0.0406. The monoisotopic (exact) mass is 205 g/mol. The zero-order valence-corrected chi connectivity index (χ0v) is 9.04. The zero-order chi connectivity index (χ0) is 10.8. The van der Waals surface area contributed by atoms with Gasteiger partial charge in [-0.3, -0.25) is 4.79 Å². The van der Waals surface area contributed by atoms with E-state index in [1.807, 2.05) is 18.2 Å². The predicted octanol–water partition coefficient (Wildman–Crippen LogP) is 2.53. The second-order valence-electron chi connectivity index (χ2n) is 3.75. The fourth-order valence-electron chi connectivity index (χ4n) is 2.11. The molecule has 3 nitrogen and oxygen atoms in total. The van der Waals surface area contributed by atoms with Gasteiger partial charge in [-0.05, 0) is 18.6 Å². The van der Waals surface area contributed by atoms with Crippen molar-refractivity contribution >= 4 is 11.6 Å². The maximum absolute atomic E-state index is 11.7. The molecule has 80 valence electrons. The van der Waals surface area contributed by atoms with Gasteiger partial charge in [0.25, 0.3) is 0 Å². The van der Waals surface area contributed by atoms with Crippen LogP contribution in [0.2, 0.25) is 0 Å². The molecule has 2 rings (SSSR count). The minimum atomic E-state index is -0.0406. The van der Waals surface area contributed by atoms with Gasteiger partial charge in [-0.1, -0.05) is 19.4 Å². The molecule has 1 aliphatic rings. The van der Waals surface area contributed by atoms with Crippen LogP contribution in [0.1, 0.15) is 31.2 Å². The van der Waals surface area contributed by atoms with Gasteiger partial charge in [0.1, 0.15) is 5.75 Å². The van der Waals surface area contributed by atoms with Crippen LogP contribution in [0.4, 0.5) is 5.69 Å². The predicted molar refractivity (Wildman–Crippen MR) is 59.3 cm³/mol. The van der Waals surface area contributed by atoms with Crippen LogP contribution in [0, 0.1) is 0 Å². The van der Waals surface area contributed by atoms with E-state index in [0.717, 1.165) is 29.8 Å². The summed E-state index contributed by atoms with van der Waals surface area (Å²) in [4.78, 5) is 11.7. The molecule has 15 heavy (non-hydrogen) atoms. The normalized spacial score (nSPS) is 18.5. The molecule has 0 saturated carbocycles. The first-order chi connectivity index (χ1) is 7.27. The third kappa shape index (κ3) is 1.58. The van der Waals surface area contributed by atoms with Gasteiger partial charge in [-0.15, -0.1) is 0 Å². The summed E-state index contributed by atoms with van der Waals surface area (Å²) in [6.45, 7) is 2.08. The lowest BCUT2D eigenvalue weighted by Gasteiger charge is -2.10. The zero-order valence-electron chi connectivity index (χ0n) is 9.04. The fraction of sp³-hybridized carbons (Fsp3) is 0.417. The molecular formula is C12H15NO2. The lowest BCUT2D eigenvalue weighted by atomic mass is 9.95. The van der Waals surface area contributed by atoms with Gasteiger partial charge in [-0.2, -0.15) is 0 Å². The molecule has 1 amide bonds. The van der Waals surface area contributed by atoms with E-state index in [2.05, 4.69) is 12.2 Å². The number of hydrogen-bond acceptors (Lipinski definition) is 2. The molecule has 0 fully saturated rings. The number of carbonyl (C=O) groups excluding carboxylic acids is 1. The summed E-state index contributed by atoms with van der Waals surface area (Å²) in [7, 11) is 1.64. The van der Waals surface area contributed by atoms with Gasteiger partial charge in [0.05, 0.1) is 13.0 Å². The number of carbonyl (C=O) groups is 1. The summed E-state index contributed by atoms with van der Waals surface area (Å²) in [5.41, 5.74) is 1.92. The van der Waals surface area contributed by atoms with Gasteiger partial charge in [0, 0.05) is 11.3 Å². The molecule has 1 N–H and O–H groups in total. The van der Waals surface area contributed by atoms with Crippen molar-refractivity contribution in [3.05, 3.63) is 23.8 Å². The third-order valence-electron chi connectivity index (χ3n) is 2.79. The van der Waals surface area contributed by atoms with Gasteiger partial charge >= 0.3 is 0 Å². The number of fused-ring (bicyclic) bond motifs is 1. The van der Waals surface area contributed by atoms with Crippen molar-refractivity contribution in [3.63, 3.8) is 0 Å². The van der Waals surface area contributed by atoms with Crippen LogP contribution >= 0.6 is 0 Å². The summed E-state index contributed by atoms with van der Waals surface area (Å²) >= 11 is 0. The van der Waals surface area contributed by atoms with E-state index >= 15 is 0 Å². The molecule has 0 aromatic heterocycles. The van der Waals surface area contributed by atoms with Crippen molar-refractivity contribution in [2.24, 2.45) is 0 Å². The Morgan fingerprint density at radius 2 is 2.27 bits per heavy atom. The van der Waals surface area contributed by atoms with Crippen molar-refractivity contribution < 1.29 is 9.53 Å². The van der Waals surface area contributed by atoms with E-state index in [-0.39, 0.29) is 11.8 Å². The molecule has 3 heteroatoms. The molecular weight excluding hydrogens is 190 g/mol. The molecule has 1 atom stereocenters. The lowest BCUT2D eigenvalue weighted by molar-refractivity contribution is -0.117. The summed E-state index contributed by atoms with van der Waals surface area (Å²) in [6.07, 6.45) is 1.87. The molecule has 1 aliphatic heterocycles. The van der Waals surface area contributed by atoms with Crippen molar-refractivity contribution in [1.82, 2.24) is 0 Å². The van der Waals surface area contributed by atoms with Gasteiger partial charge in [-0.25, -0.2) is 0 Å². The van der Waals surface area contributed by atoms with E-state index < -0.39 is 0 Å². The number of rotatable bonds is 3. The van der Waals surface area contributed by atoms with E-state index in [1.54, 1.807) is 7.11 Å². The first kappa shape index (κ1) is 10.0. The van der Waals surface area contributed by atoms with Crippen LogP contribution in [0.25, 0.3) is 0 Å². The summed E-state index contributed by atoms with van der Waals surface area (Å²) in [5, 5.41) is 2.89. The highest BCUT2D eigenvalue weighted by molar-refractivity contribution is 6.03. The van der Waals surface area contributed by atoms with Gasteiger partial charge in [0.15, 0.2) is 0 Å². The largest absolute Gasteiger partial charge is 0.496 e. The number of benzene rings is 1. The van der Waals surface area contributed by atoms with Crippen LogP contribution in [0.15, 0.2) is 18.2 Å². The Morgan fingerprint density at radius 3 is 2.93 bits per heavy atom. The van der Waals surface area contributed by atoms with Gasteiger partial charge in [0.2, 0.25) is 5.91 Å². The Bertz CT molecular complexity index is 387. The Labute approximate surface area is 89.4 Å². The van der Waals surface area contributed by atoms with Crippen LogP contribution in [-0.4, -0.2) is 13.0 Å². The number of anilines is 1. The molecule has 1 unspecified atom stereocenters. The molecule has 1 heterocycles. The standard InChI is InChI=1S/C12H15NO2/c1-3-5-8-11-9(13-12(8)14)6-4-7-10(11)15-2/h4,6-8H,3,5H2,1-2H3,(H,13,14). The first-order valence-corrected chi connectivity index (χ1v) is 5.25. The molecule has 0 aliphatic carbocycles. The summed E-state index contributed by atoms with van der Waals surface area (Å²) < 4.78 is 5.29. The van der Waals surface area contributed by atoms with Crippen LogP contribution in [0.3, 0.4) is 0 Å². The van der Waals surface area contributed by atoms with Crippen molar-refractivity contribution in [2.75, 3.05) is 12.4 Å². The Morgan fingerprint density at radius 1 is 1.47 bits per heavy atom. The molecule has 0 radical (unpaired) electrons. The minimum Gasteiger partial charge on any atom is -0.496 e. The second kappa shape index (κ2) is 3.93. The van der Waals surface area contributed by atoms with Crippen LogP contribution in [0.5, 0.6) is 5.75 Å². The highest BCUT2D eigenvalue weighted by Gasteiger charge is 2.32. The first-order valence-electron chi connectivity index (χ1n) is 5.25. The van der Waals surface area contributed by atoms with E-state index in [1.165, 1.54) is 0 Å². The van der Waals surface area contributed by atoms with Crippen molar-refractivity contribution in [1.29, 1.82) is 0 Å². The molecule has 0 bridgehead atoms. The third-order valence-corrected chi connectivity index (χ3v) is 2.79. The number of hydrogen-bond donors (Lipinski definition) is 1. The molecule has 0 saturated heterocycles. The molecule has 1 aromatic rings.